The summed E-state index contributed by atoms with van der Waals surface area (Å²) in [6, 6.07) is 10.6. The third-order valence-electron chi connectivity index (χ3n) is 0.934. The number of nitrogens with zero attached hydrogens (tertiary/aromatic N) is 1. The number of benzene rings is 1. The Hall–Kier alpha value is 0.175. The average Bonchev–Trinajstić information content (AvgIpc) is 1.90. The summed E-state index contributed by atoms with van der Waals surface area (Å²) in [6.07, 6.45) is 0. The van der Waals surface area contributed by atoms with Crippen LogP contribution in [-0.2, 0) is 0 Å². The molecule has 0 spiro atoms. The SMILES string of the molecule is C[N-]c1[c-]cccc1.[Li+].[Li+].[OH-]. The van der Waals surface area contributed by atoms with E-state index in [4.69, 9.17) is 0 Å². The minimum absolute atomic E-state index is 0. The van der Waals surface area contributed by atoms with Crippen LogP contribution in [0.25, 0.3) is 5.32 Å². The summed E-state index contributed by atoms with van der Waals surface area (Å²) in [7, 11) is 1.76. The van der Waals surface area contributed by atoms with Crippen molar-refractivity contribution < 1.29 is 43.2 Å². The standard InChI is InChI=1S/C7H7N.2Li.H2O/c1-8-7-5-3-2-4-6-7;;;/h2-5H,1H3;;;1H2/q-2;2*+1;/p-1. The first-order valence-corrected chi connectivity index (χ1v) is 2.50. The molecule has 1 rings (SSSR count). The van der Waals surface area contributed by atoms with Crippen LogP contribution in [0.3, 0.4) is 0 Å². The van der Waals surface area contributed by atoms with Crippen LogP contribution in [0.4, 0.5) is 5.69 Å². The molecule has 0 amide bonds. The number of para-hydroxylation sites is 1. The minimum Gasteiger partial charge on any atom is -0.870 e. The van der Waals surface area contributed by atoms with E-state index in [1.165, 1.54) is 0 Å². The van der Waals surface area contributed by atoms with Gasteiger partial charge in [0.1, 0.15) is 0 Å². The molecule has 1 aromatic rings. The molecular weight excluding hydrogens is 128 g/mol. The van der Waals surface area contributed by atoms with E-state index in [0.29, 0.717) is 0 Å². The van der Waals surface area contributed by atoms with Crippen LogP contribution in [0, 0.1) is 6.07 Å². The molecule has 0 aliphatic carbocycles. The summed E-state index contributed by atoms with van der Waals surface area (Å²) in [5.41, 5.74) is 0.910. The number of hydrogen-bond acceptors (Lipinski definition) is 1. The zero-order valence-corrected chi connectivity index (χ0v) is 7.20. The Morgan fingerprint density at radius 1 is 1.27 bits per heavy atom. The van der Waals surface area contributed by atoms with Gasteiger partial charge in [0, 0.05) is 0 Å². The van der Waals surface area contributed by atoms with E-state index in [2.05, 4.69) is 11.4 Å². The van der Waals surface area contributed by atoms with Gasteiger partial charge in [-0.3, -0.25) is 5.69 Å². The third-order valence-corrected chi connectivity index (χ3v) is 0.934. The molecule has 0 aliphatic rings. The zero-order valence-electron chi connectivity index (χ0n) is 7.20. The van der Waals surface area contributed by atoms with Crippen molar-refractivity contribution >= 4 is 5.69 Å². The molecule has 0 unspecified atom stereocenters. The fraction of sp³-hybridized carbons (Fsp3) is 0.143. The Morgan fingerprint density at radius 3 is 2.18 bits per heavy atom. The Morgan fingerprint density at radius 2 is 1.91 bits per heavy atom. The first kappa shape index (κ1) is 17.3. The minimum atomic E-state index is 0. The van der Waals surface area contributed by atoms with Crippen molar-refractivity contribution in [1.82, 2.24) is 0 Å². The molecule has 0 saturated carbocycles. The first-order chi connectivity index (χ1) is 3.93. The first-order valence-electron chi connectivity index (χ1n) is 2.50. The van der Waals surface area contributed by atoms with Crippen molar-refractivity contribution in [3.8, 4) is 0 Å². The van der Waals surface area contributed by atoms with Crippen molar-refractivity contribution in [2.45, 2.75) is 0 Å². The van der Waals surface area contributed by atoms with Crippen LogP contribution < -0.4 is 37.7 Å². The summed E-state index contributed by atoms with van der Waals surface area (Å²) in [6.45, 7) is 0. The molecule has 0 atom stereocenters. The molecule has 0 radical (unpaired) electrons. The quantitative estimate of drug-likeness (QED) is 0.286. The molecule has 0 aliphatic heterocycles. The van der Waals surface area contributed by atoms with Gasteiger partial charge in [-0.1, -0.05) is 0 Å². The van der Waals surface area contributed by atoms with Crippen molar-refractivity contribution in [3.05, 3.63) is 35.6 Å². The molecule has 1 N–H and O–H groups in total. The predicted octanol–water partition coefficient (Wildman–Crippen LogP) is -4.05. The monoisotopic (exact) mass is 136 g/mol. The summed E-state index contributed by atoms with van der Waals surface area (Å²) in [5, 5.41) is 3.92. The maximum Gasteiger partial charge on any atom is 1.00 e. The van der Waals surface area contributed by atoms with Gasteiger partial charge >= 0.3 is 37.7 Å². The largest absolute Gasteiger partial charge is 1.00 e. The van der Waals surface area contributed by atoms with Gasteiger partial charge in [-0.2, -0.15) is 30.3 Å². The van der Waals surface area contributed by atoms with Gasteiger partial charge in [0.05, 0.1) is 0 Å². The molecule has 2 nitrogen and oxygen atoms in total. The molecule has 0 heterocycles. The van der Waals surface area contributed by atoms with Gasteiger partial charge in [-0.15, -0.1) is 7.05 Å². The molecule has 1 aromatic carbocycles. The van der Waals surface area contributed by atoms with Crippen LogP contribution in [0.1, 0.15) is 0 Å². The van der Waals surface area contributed by atoms with Gasteiger partial charge in [-0.05, 0) is 0 Å². The molecular formula is C7H8Li2NO-. The molecule has 0 aromatic heterocycles. The van der Waals surface area contributed by atoms with Crippen molar-refractivity contribution in [2.24, 2.45) is 0 Å². The summed E-state index contributed by atoms with van der Waals surface area (Å²) < 4.78 is 0. The maximum absolute atomic E-state index is 3.92. The van der Waals surface area contributed by atoms with E-state index in [1.54, 1.807) is 7.05 Å². The normalized spacial score (nSPS) is 6.27. The van der Waals surface area contributed by atoms with Crippen molar-refractivity contribution in [3.63, 3.8) is 0 Å². The van der Waals surface area contributed by atoms with Gasteiger partial charge in [0.2, 0.25) is 0 Å². The van der Waals surface area contributed by atoms with Crippen LogP contribution in [0.15, 0.2) is 24.3 Å². The van der Waals surface area contributed by atoms with E-state index in [1.807, 2.05) is 24.3 Å². The smallest absolute Gasteiger partial charge is 0.870 e. The molecule has 50 valence electrons. The summed E-state index contributed by atoms with van der Waals surface area (Å²) in [4.78, 5) is 0. The molecule has 4 heteroatoms. The number of hydrogen-bond donors (Lipinski definition) is 0. The van der Waals surface area contributed by atoms with E-state index >= 15 is 0 Å². The third kappa shape index (κ3) is 6.57. The van der Waals surface area contributed by atoms with E-state index in [0.717, 1.165) is 5.69 Å². The fourth-order valence-electron chi connectivity index (χ4n) is 0.523. The van der Waals surface area contributed by atoms with Crippen molar-refractivity contribution in [2.75, 3.05) is 7.05 Å². The summed E-state index contributed by atoms with van der Waals surface area (Å²) >= 11 is 0. The van der Waals surface area contributed by atoms with Crippen LogP contribution in [0.5, 0.6) is 0 Å². The maximum atomic E-state index is 3.92. The second-order valence-corrected chi connectivity index (χ2v) is 1.47. The Balaban J connectivity index is -0.000000213. The van der Waals surface area contributed by atoms with Gasteiger partial charge in [-0.25, -0.2) is 0 Å². The molecule has 11 heavy (non-hydrogen) atoms. The summed E-state index contributed by atoms with van der Waals surface area (Å²) in [5.74, 6) is 0. The van der Waals surface area contributed by atoms with Crippen LogP contribution in [-0.4, -0.2) is 12.5 Å². The second kappa shape index (κ2) is 10.2. The van der Waals surface area contributed by atoms with Crippen LogP contribution in [0.2, 0.25) is 0 Å². The predicted molar refractivity (Wildman–Crippen MR) is 36.2 cm³/mol. The van der Waals surface area contributed by atoms with Crippen LogP contribution >= 0.6 is 0 Å². The topological polar surface area (TPSA) is 44.1 Å². The second-order valence-electron chi connectivity index (χ2n) is 1.47. The van der Waals surface area contributed by atoms with Gasteiger partial charge in [0.25, 0.3) is 0 Å². The Labute approximate surface area is 91.4 Å². The van der Waals surface area contributed by atoms with E-state index in [-0.39, 0.29) is 43.2 Å². The zero-order chi connectivity index (χ0) is 5.82. The Kier molecular flexibility index (Phi) is 16.0. The van der Waals surface area contributed by atoms with E-state index < -0.39 is 0 Å². The molecule has 0 fully saturated rings. The van der Waals surface area contributed by atoms with E-state index in [9.17, 15) is 0 Å². The molecule has 0 bridgehead atoms. The molecule has 0 saturated heterocycles. The fourth-order valence-corrected chi connectivity index (χ4v) is 0.523. The Bertz CT molecular complexity index is 158. The van der Waals surface area contributed by atoms with Gasteiger partial charge < -0.3 is 10.8 Å². The van der Waals surface area contributed by atoms with Gasteiger partial charge in [0.15, 0.2) is 0 Å². The number of rotatable bonds is 1. The van der Waals surface area contributed by atoms with Crippen molar-refractivity contribution in [1.29, 1.82) is 0 Å². The average molecular weight is 136 g/mol.